The number of ether oxygens (including phenoxy) is 1. The summed E-state index contributed by atoms with van der Waals surface area (Å²) in [6.45, 7) is 2.00. The van der Waals surface area contributed by atoms with E-state index in [4.69, 9.17) is 4.74 Å². The van der Waals surface area contributed by atoms with Crippen molar-refractivity contribution in [1.82, 2.24) is 0 Å². The van der Waals surface area contributed by atoms with E-state index in [1.54, 1.807) is 6.07 Å². The van der Waals surface area contributed by atoms with Crippen molar-refractivity contribution >= 4 is 33.5 Å². The van der Waals surface area contributed by atoms with Crippen LogP contribution in [0.15, 0.2) is 42.5 Å². The Hall–Kier alpha value is -2.68. The van der Waals surface area contributed by atoms with Crippen LogP contribution in [0, 0.1) is 6.92 Å². The predicted octanol–water partition coefficient (Wildman–Crippen LogP) is 3.61. The van der Waals surface area contributed by atoms with Crippen LogP contribution in [-0.4, -0.2) is 11.9 Å². The lowest BCUT2D eigenvalue weighted by Crippen LogP contribution is -2.19. The summed E-state index contributed by atoms with van der Waals surface area (Å²) < 4.78 is 4.81. The molecule has 0 amide bonds. The molecule has 0 unspecified atom stereocenters. The highest BCUT2D eigenvalue weighted by Crippen LogP contribution is 2.35. The third-order valence-corrected chi connectivity index (χ3v) is 3.86. The number of aryl methyl sites for hydroxylation is 1. The quantitative estimate of drug-likeness (QED) is 0.353. The van der Waals surface area contributed by atoms with Crippen molar-refractivity contribution in [2.24, 2.45) is 0 Å². The Morgan fingerprint density at radius 1 is 0.800 bits per heavy atom. The molecule has 0 aromatic heterocycles. The molecular formula is C17H10O3. The van der Waals surface area contributed by atoms with Gasteiger partial charge in [-0.05, 0) is 40.8 Å². The summed E-state index contributed by atoms with van der Waals surface area (Å²) in [5, 5.41) is 3.68. The van der Waals surface area contributed by atoms with E-state index in [2.05, 4.69) is 0 Å². The Kier molecular flexibility index (Phi) is 2.05. The van der Waals surface area contributed by atoms with Crippen LogP contribution < -0.4 is 0 Å². The molecule has 0 atom stereocenters. The van der Waals surface area contributed by atoms with Crippen molar-refractivity contribution in [2.45, 2.75) is 6.92 Å². The molecular weight excluding hydrogens is 252 g/mol. The van der Waals surface area contributed by atoms with Gasteiger partial charge in [-0.25, -0.2) is 9.59 Å². The number of esters is 2. The number of fused-ring (bicyclic) bond motifs is 2. The topological polar surface area (TPSA) is 43.4 Å². The van der Waals surface area contributed by atoms with Gasteiger partial charge in [0.15, 0.2) is 0 Å². The maximum Gasteiger partial charge on any atom is 0.346 e. The Morgan fingerprint density at radius 3 is 2.35 bits per heavy atom. The zero-order chi connectivity index (χ0) is 13.9. The molecule has 4 rings (SSSR count). The van der Waals surface area contributed by atoms with Gasteiger partial charge in [0.1, 0.15) is 0 Å². The minimum atomic E-state index is -0.569. The number of benzene rings is 3. The molecule has 3 aromatic rings. The third kappa shape index (κ3) is 1.29. The van der Waals surface area contributed by atoms with Crippen molar-refractivity contribution in [2.75, 3.05) is 0 Å². The molecule has 3 heteroatoms. The molecule has 0 aliphatic carbocycles. The monoisotopic (exact) mass is 262 g/mol. The highest BCUT2D eigenvalue weighted by Gasteiger charge is 2.28. The van der Waals surface area contributed by atoms with Gasteiger partial charge in [0.25, 0.3) is 0 Å². The number of hydrogen-bond acceptors (Lipinski definition) is 3. The Balaban J connectivity index is 2.34. The highest BCUT2D eigenvalue weighted by atomic mass is 16.6. The standard InChI is InChI=1S/C17H10O3/c1-9-4-2-5-10-11-6-3-7-12-15(11)14(8-13(9)10)17(19)20-16(12)18/h2-8H,1H3. The summed E-state index contributed by atoms with van der Waals surface area (Å²) in [6.07, 6.45) is 0. The Morgan fingerprint density at radius 2 is 1.50 bits per heavy atom. The molecule has 96 valence electrons. The zero-order valence-corrected chi connectivity index (χ0v) is 10.8. The van der Waals surface area contributed by atoms with Gasteiger partial charge in [0, 0.05) is 5.39 Å². The summed E-state index contributed by atoms with van der Waals surface area (Å²) in [5.41, 5.74) is 2.02. The van der Waals surface area contributed by atoms with E-state index in [1.165, 1.54) is 0 Å². The van der Waals surface area contributed by atoms with Gasteiger partial charge in [-0.2, -0.15) is 0 Å². The summed E-state index contributed by atoms with van der Waals surface area (Å²) in [7, 11) is 0. The van der Waals surface area contributed by atoms with Crippen LogP contribution in [0.1, 0.15) is 26.3 Å². The normalized spacial score (nSPS) is 13.8. The average molecular weight is 262 g/mol. The fraction of sp³-hybridized carbons (Fsp3) is 0.0588. The SMILES string of the molecule is Cc1cccc2c1cc1c3c(cccc32)C(=O)OC1=O. The van der Waals surface area contributed by atoms with Gasteiger partial charge < -0.3 is 4.74 Å². The number of carbonyl (C=O) groups is 2. The van der Waals surface area contributed by atoms with Crippen molar-refractivity contribution in [1.29, 1.82) is 0 Å². The number of hydrogen-bond donors (Lipinski definition) is 0. The van der Waals surface area contributed by atoms with Crippen LogP contribution in [0.3, 0.4) is 0 Å². The van der Waals surface area contributed by atoms with Gasteiger partial charge in [0.2, 0.25) is 0 Å². The lowest BCUT2D eigenvalue weighted by Gasteiger charge is -2.17. The minimum absolute atomic E-state index is 0.459. The second kappa shape index (κ2) is 3.67. The molecule has 0 radical (unpaired) electrons. The number of carbonyl (C=O) groups excluding carboxylic acids is 2. The fourth-order valence-electron chi connectivity index (χ4n) is 2.92. The highest BCUT2D eigenvalue weighted by molar-refractivity contribution is 6.26. The van der Waals surface area contributed by atoms with E-state index in [9.17, 15) is 9.59 Å². The van der Waals surface area contributed by atoms with E-state index in [0.717, 1.165) is 21.7 Å². The molecule has 0 saturated carbocycles. The zero-order valence-electron chi connectivity index (χ0n) is 10.8. The Labute approximate surface area is 114 Å². The van der Waals surface area contributed by atoms with Gasteiger partial charge >= 0.3 is 11.9 Å². The van der Waals surface area contributed by atoms with Crippen molar-refractivity contribution < 1.29 is 14.3 Å². The molecule has 0 bridgehead atoms. The van der Waals surface area contributed by atoms with Crippen molar-refractivity contribution in [3.63, 3.8) is 0 Å². The molecule has 1 heterocycles. The number of rotatable bonds is 0. The van der Waals surface area contributed by atoms with Crippen LogP contribution in [0.25, 0.3) is 21.5 Å². The molecule has 1 aliphatic rings. The summed E-state index contributed by atoms with van der Waals surface area (Å²) >= 11 is 0. The van der Waals surface area contributed by atoms with Crippen LogP contribution in [-0.2, 0) is 4.74 Å². The summed E-state index contributed by atoms with van der Waals surface area (Å²) in [4.78, 5) is 23.8. The van der Waals surface area contributed by atoms with Gasteiger partial charge in [-0.3, -0.25) is 0 Å². The van der Waals surface area contributed by atoms with Gasteiger partial charge in [-0.15, -0.1) is 0 Å². The maximum atomic E-state index is 12.0. The first-order chi connectivity index (χ1) is 9.66. The van der Waals surface area contributed by atoms with Crippen molar-refractivity contribution in [3.05, 3.63) is 59.2 Å². The second-order valence-corrected chi connectivity index (χ2v) is 5.00. The van der Waals surface area contributed by atoms with E-state index in [1.807, 2.05) is 43.3 Å². The molecule has 0 saturated heterocycles. The van der Waals surface area contributed by atoms with E-state index < -0.39 is 11.9 Å². The number of cyclic esters (lactones) is 2. The molecule has 3 aromatic carbocycles. The van der Waals surface area contributed by atoms with Crippen LogP contribution in [0.4, 0.5) is 0 Å². The minimum Gasteiger partial charge on any atom is -0.386 e. The van der Waals surface area contributed by atoms with Gasteiger partial charge in [0.05, 0.1) is 11.1 Å². The smallest absolute Gasteiger partial charge is 0.346 e. The van der Waals surface area contributed by atoms with Gasteiger partial charge in [-0.1, -0.05) is 30.3 Å². The second-order valence-electron chi connectivity index (χ2n) is 5.00. The molecule has 3 nitrogen and oxygen atoms in total. The molecule has 0 spiro atoms. The lowest BCUT2D eigenvalue weighted by molar-refractivity contribution is 0.0391. The molecule has 1 aliphatic heterocycles. The van der Waals surface area contributed by atoms with E-state index in [0.29, 0.717) is 16.5 Å². The van der Waals surface area contributed by atoms with Crippen LogP contribution in [0.2, 0.25) is 0 Å². The third-order valence-electron chi connectivity index (χ3n) is 3.86. The Bertz CT molecular complexity index is 922. The first kappa shape index (κ1) is 11.2. The first-order valence-electron chi connectivity index (χ1n) is 6.38. The van der Waals surface area contributed by atoms with Crippen LogP contribution in [0.5, 0.6) is 0 Å². The van der Waals surface area contributed by atoms with E-state index in [-0.39, 0.29) is 0 Å². The summed E-state index contributed by atoms with van der Waals surface area (Å²) in [6, 6.07) is 13.3. The van der Waals surface area contributed by atoms with Crippen molar-refractivity contribution in [3.8, 4) is 0 Å². The molecule has 20 heavy (non-hydrogen) atoms. The van der Waals surface area contributed by atoms with E-state index >= 15 is 0 Å². The molecule has 0 N–H and O–H groups in total. The first-order valence-corrected chi connectivity index (χ1v) is 6.38. The molecule has 0 fully saturated rings. The largest absolute Gasteiger partial charge is 0.386 e. The fourth-order valence-corrected chi connectivity index (χ4v) is 2.92. The maximum absolute atomic E-state index is 12.0. The van der Waals surface area contributed by atoms with Crippen LogP contribution >= 0.6 is 0 Å². The predicted molar refractivity (Wildman–Crippen MR) is 75.9 cm³/mol. The summed E-state index contributed by atoms with van der Waals surface area (Å²) in [5.74, 6) is -1.14. The average Bonchev–Trinajstić information content (AvgIpc) is 2.45. The lowest BCUT2D eigenvalue weighted by atomic mass is 9.91.